The number of esters is 2. The first-order chi connectivity index (χ1) is 10.1. The van der Waals surface area contributed by atoms with Gasteiger partial charge in [0, 0.05) is 0 Å². The van der Waals surface area contributed by atoms with Crippen molar-refractivity contribution in [1.29, 1.82) is 0 Å². The van der Waals surface area contributed by atoms with Crippen LogP contribution in [0.3, 0.4) is 0 Å². The van der Waals surface area contributed by atoms with Gasteiger partial charge >= 0.3 is 11.9 Å². The molecular formula is C18H30O3. The van der Waals surface area contributed by atoms with Gasteiger partial charge in [0.25, 0.3) is 0 Å². The highest BCUT2D eigenvalue weighted by Gasteiger charge is 2.32. The maximum atomic E-state index is 12.1. The Morgan fingerprint density at radius 1 is 0.714 bits per heavy atom. The van der Waals surface area contributed by atoms with E-state index in [1.54, 1.807) is 0 Å². The zero-order chi connectivity index (χ0) is 15.2. The second-order valence-corrected chi connectivity index (χ2v) is 6.99. The van der Waals surface area contributed by atoms with E-state index in [1.807, 2.05) is 0 Å². The van der Waals surface area contributed by atoms with Crippen molar-refractivity contribution in [2.24, 2.45) is 23.7 Å². The van der Waals surface area contributed by atoms with E-state index in [2.05, 4.69) is 13.8 Å². The van der Waals surface area contributed by atoms with E-state index in [1.165, 1.54) is 12.8 Å². The lowest BCUT2D eigenvalue weighted by Gasteiger charge is -2.28. The predicted octanol–water partition coefficient (Wildman–Crippen LogP) is 4.49. The third kappa shape index (κ3) is 4.55. The Morgan fingerprint density at radius 2 is 1.05 bits per heavy atom. The van der Waals surface area contributed by atoms with Crippen LogP contribution in [-0.4, -0.2) is 11.9 Å². The summed E-state index contributed by atoms with van der Waals surface area (Å²) in [5.41, 5.74) is 0. The summed E-state index contributed by atoms with van der Waals surface area (Å²) in [6.45, 7) is 4.42. The number of carbonyl (C=O) groups is 2. The summed E-state index contributed by atoms with van der Waals surface area (Å²) in [5.74, 6) is 0.926. The standard InChI is InChI=1S/C18H30O3/c1-3-13-5-9-15(10-6-13)17(19)21-18(20)16-11-7-14(4-2)8-12-16/h13-16H,3-12H2,1-2H3. The molecule has 3 nitrogen and oxygen atoms in total. The molecule has 2 aliphatic carbocycles. The lowest BCUT2D eigenvalue weighted by Crippen LogP contribution is -2.30. The van der Waals surface area contributed by atoms with Gasteiger partial charge in [-0.3, -0.25) is 9.59 Å². The van der Waals surface area contributed by atoms with E-state index in [4.69, 9.17) is 4.74 Å². The van der Waals surface area contributed by atoms with Crippen LogP contribution in [0.4, 0.5) is 0 Å². The molecule has 0 bridgehead atoms. The highest BCUT2D eigenvalue weighted by Crippen LogP contribution is 2.33. The molecule has 0 unspecified atom stereocenters. The number of hydrogen-bond acceptors (Lipinski definition) is 3. The van der Waals surface area contributed by atoms with E-state index < -0.39 is 0 Å². The third-order valence-corrected chi connectivity index (χ3v) is 5.72. The van der Waals surface area contributed by atoms with Crippen molar-refractivity contribution in [2.45, 2.75) is 78.1 Å². The summed E-state index contributed by atoms with van der Waals surface area (Å²) in [7, 11) is 0. The fraction of sp³-hybridized carbons (Fsp3) is 0.889. The Balaban J connectivity index is 1.74. The minimum Gasteiger partial charge on any atom is -0.393 e. The fourth-order valence-electron chi connectivity index (χ4n) is 3.88. The van der Waals surface area contributed by atoms with Crippen LogP contribution in [0.5, 0.6) is 0 Å². The molecule has 120 valence electrons. The van der Waals surface area contributed by atoms with Crippen LogP contribution in [0.1, 0.15) is 78.1 Å². The lowest BCUT2D eigenvalue weighted by atomic mass is 9.80. The molecule has 2 aliphatic rings. The molecule has 0 radical (unpaired) electrons. The van der Waals surface area contributed by atoms with Crippen LogP contribution in [-0.2, 0) is 14.3 Å². The van der Waals surface area contributed by atoms with Crippen molar-refractivity contribution in [3.8, 4) is 0 Å². The smallest absolute Gasteiger partial charge is 0.316 e. The van der Waals surface area contributed by atoms with Gasteiger partial charge in [-0.15, -0.1) is 0 Å². The molecule has 0 amide bonds. The molecule has 0 atom stereocenters. The van der Waals surface area contributed by atoms with E-state index in [0.717, 1.165) is 63.2 Å². The monoisotopic (exact) mass is 294 g/mol. The second kappa shape index (κ2) is 7.95. The van der Waals surface area contributed by atoms with Gasteiger partial charge in [0.15, 0.2) is 0 Å². The van der Waals surface area contributed by atoms with E-state index in [9.17, 15) is 9.59 Å². The van der Waals surface area contributed by atoms with Gasteiger partial charge in [0.1, 0.15) is 0 Å². The van der Waals surface area contributed by atoms with Crippen LogP contribution in [0.2, 0.25) is 0 Å². The van der Waals surface area contributed by atoms with Crippen LogP contribution in [0.15, 0.2) is 0 Å². The van der Waals surface area contributed by atoms with Gasteiger partial charge in [-0.1, -0.05) is 26.7 Å². The molecule has 0 aromatic rings. The number of ether oxygens (including phenoxy) is 1. The molecular weight excluding hydrogens is 264 g/mol. The van der Waals surface area contributed by atoms with Crippen LogP contribution < -0.4 is 0 Å². The molecule has 0 spiro atoms. The molecule has 0 N–H and O–H groups in total. The molecule has 0 heterocycles. The highest BCUT2D eigenvalue weighted by atomic mass is 16.6. The summed E-state index contributed by atoms with van der Waals surface area (Å²) < 4.78 is 5.19. The maximum Gasteiger partial charge on any atom is 0.316 e. The van der Waals surface area contributed by atoms with Crippen molar-refractivity contribution in [3.63, 3.8) is 0 Å². The van der Waals surface area contributed by atoms with Gasteiger partial charge in [-0.25, -0.2) is 0 Å². The number of hydrogen-bond donors (Lipinski definition) is 0. The topological polar surface area (TPSA) is 43.4 Å². The van der Waals surface area contributed by atoms with Gasteiger partial charge in [0.05, 0.1) is 11.8 Å². The molecule has 21 heavy (non-hydrogen) atoms. The van der Waals surface area contributed by atoms with Gasteiger partial charge < -0.3 is 4.74 Å². The van der Waals surface area contributed by atoms with Crippen molar-refractivity contribution in [1.82, 2.24) is 0 Å². The largest absolute Gasteiger partial charge is 0.393 e. The van der Waals surface area contributed by atoms with Gasteiger partial charge in [-0.2, -0.15) is 0 Å². The fourth-order valence-corrected chi connectivity index (χ4v) is 3.88. The SMILES string of the molecule is CCC1CCC(C(=O)OC(=O)C2CCC(CC)CC2)CC1. The quantitative estimate of drug-likeness (QED) is 0.567. The molecule has 2 saturated carbocycles. The number of carbonyl (C=O) groups excluding carboxylic acids is 2. The first-order valence-electron chi connectivity index (χ1n) is 8.89. The van der Waals surface area contributed by atoms with Crippen LogP contribution >= 0.6 is 0 Å². The van der Waals surface area contributed by atoms with Crippen molar-refractivity contribution < 1.29 is 14.3 Å². The summed E-state index contributed by atoms with van der Waals surface area (Å²) in [4.78, 5) is 24.2. The Labute approximate surface area is 128 Å². The Kier molecular flexibility index (Phi) is 6.25. The van der Waals surface area contributed by atoms with Crippen molar-refractivity contribution in [3.05, 3.63) is 0 Å². The predicted molar refractivity (Wildman–Crippen MR) is 82.6 cm³/mol. The van der Waals surface area contributed by atoms with E-state index in [-0.39, 0.29) is 23.8 Å². The average molecular weight is 294 g/mol. The average Bonchev–Trinajstić information content (AvgIpc) is 2.55. The molecule has 0 aliphatic heterocycles. The molecule has 2 rings (SSSR count). The lowest BCUT2D eigenvalue weighted by molar-refractivity contribution is -0.167. The second-order valence-electron chi connectivity index (χ2n) is 6.99. The normalized spacial score (nSPS) is 33.4. The first kappa shape index (κ1) is 16.5. The number of rotatable bonds is 4. The van der Waals surface area contributed by atoms with Gasteiger partial charge in [0.2, 0.25) is 0 Å². The minimum absolute atomic E-state index is 0.0382. The highest BCUT2D eigenvalue weighted by molar-refractivity contribution is 5.88. The first-order valence-corrected chi connectivity index (χ1v) is 8.89. The molecule has 0 aromatic carbocycles. The Morgan fingerprint density at radius 3 is 1.33 bits per heavy atom. The maximum absolute atomic E-state index is 12.1. The summed E-state index contributed by atoms with van der Waals surface area (Å²) in [5, 5.41) is 0. The van der Waals surface area contributed by atoms with E-state index in [0.29, 0.717) is 0 Å². The van der Waals surface area contributed by atoms with Gasteiger partial charge in [-0.05, 0) is 63.2 Å². The van der Waals surface area contributed by atoms with E-state index >= 15 is 0 Å². The zero-order valence-electron chi connectivity index (χ0n) is 13.6. The minimum atomic E-state index is -0.257. The summed E-state index contributed by atoms with van der Waals surface area (Å²) in [6.07, 6.45) is 10.4. The van der Waals surface area contributed by atoms with Crippen molar-refractivity contribution >= 4 is 11.9 Å². The van der Waals surface area contributed by atoms with Crippen LogP contribution in [0, 0.1) is 23.7 Å². The zero-order valence-corrected chi connectivity index (χ0v) is 13.6. The molecule has 0 aromatic heterocycles. The third-order valence-electron chi connectivity index (χ3n) is 5.72. The summed E-state index contributed by atoms with van der Waals surface area (Å²) >= 11 is 0. The molecule has 3 heteroatoms. The Hall–Kier alpha value is -0.860. The Bertz CT molecular complexity index is 313. The summed E-state index contributed by atoms with van der Waals surface area (Å²) in [6, 6.07) is 0. The van der Waals surface area contributed by atoms with Crippen molar-refractivity contribution in [2.75, 3.05) is 0 Å². The molecule has 2 fully saturated rings. The van der Waals surface area contributed by atoms with Crippen LogP contribution in [0.25, 0.3) is 0 Å². The molecule has 0 saturated heterocycles.